The number of cyclic esters (lactones) is 1. The van der Waals surface area contributed by atoms with Gasteiger partial charge in [0.1, 0.15) is 6.10 Å². The van der Waals surface area contributed by atoms with Gasteiger partial charge in [0.25, 0.3) is 0 Å². The van der Waals surface area contributed by atoms with E-state index < -0.39 is 72.5 Å². The molecule has 2 fully saturated rings. The highest BCUT2D eigenvalue weighted by Gasteiger charge is 2.57. The van der Waals surface area contributed by atoms with Gasteiger partial charge < -0.3 is 48.5 Å². The van der Waals surface area contributed by atoms with E-state index in [1.165, 1.54) is 13.2 Å². The van der Waals surface area contributed by atoms with Gasteiger partial charge in [-0.25, -0.2) is 4.79 Å². The lowest BCUT2D eigenvalue weighted by Gasteiger charge is -2.51. The van der Waals surface area contributed by atoms with Crippen molar-refractivity contribution >= 4 is 33.8 Å². The number of hydrogen-bond acceptors (Lipinski definition) is 13. The van der Waals surface area contributed by atoms with Crippen LogP contribution in [0.25, 0.3) is 0 Å². The van der Waals surface area contributed by atoms with Crippen LogP contribution < -0.4 is 0 Å². The van der Waals surface area contributed by atoms with Gasteiger partial charge in [-0.3, -0.25) is 9.59 Å². The predicted molar refractivity (Wildman–Crippen MR) is 204 cm³/mol. The van der Waals surface area contributed by atoms with Crippen LogP contribution in [0.4, 0.5) is 0 Å². The number of halogens is 1. The Morgan fingerprint density at radius 2 is 1.73 bits per heavy atom. The number of aliphatic hydroxyl groups excluding tert-OH is 2. The topological polar surface area (TPSA) is 177 Å². The smallest absolute Gasteiger partial charge is 0.330 e. The molecule has 0 saturated carbocycles. The maximum atomic E-state index is 13.3. The molecular formula is C41H59BrO13. The van der Waals surface area contributed by atoms with Crippen LogP contribution in [-0.4, -0.2) is 103 Å². The molecule has 3 N–H and O–H groups in total. The molecule has 8 atom stereocenters. The quantitative estimate of drug-likeness (QED) is 0.0835. The number of benzene rings is 1. The van der Waals surface area contributed by atoms with E-state index in [0.29, 0.717) is 25.9 Å². The third-order valence-corrected chi connectivity index (χ3v) is 10.8. The van der Waals surface area contributed by atoms with Gasteiger partial charge in [0.05, 0.1) is 51.2 Å². The number of rotatable bonds is 10. The van der Waals surface area contributed by atoms with E-state index in [-0.39, 0.29) is 50.4 Å². The van der Waals surface area contributed by atoms with Crippen molar-refractivity contribution in [1.29, 1.82) is 0 Å². The Hall–Kier alpha value is -2.69. The van der Waals surface area contributed by atoms with E-state index >= 15 is 0 Å². The van der Waals surface area contributed by atoms with Gasteiger partial charge in [0.2, 0.25) is 5.79 Å². The molecular weight excluding hydrogens is 780 g/mol. The number of unbranched alkanes of at least 4 members (excludes halogenated alkanes) is 4. The first kappa shape index (κ1) is 45.0. The Morgan fingerprint density at radius 1 is 1.00 bits per heavy atom. The first-order valence-electron chi connectivity index (χ1n) is 19.5. The number of carbonyl (C=O) groups is 3. The zero-order valence-corrected chi connectivity index (χ0v) is 34.1. The van der Waals surface area contributed by atoms with Gasteiger partial charge in [-0.2, -0.15) is 0 Å². The predicted octanol–water partition coefficient (Wildman–Crippen LogP) is 5.91. The van der Waals surface area contributed by atoms with Crippen LogP contribution >= 0.6 is 15.9 Å². The molecule has 1 aromatic rings. The van der Waals surface area contributed by atoms with E-state index in [4.69, 9.17) is 33.2 Å². The summed E-state index contributed by atoms with van der Waals surface area (Å²) in [5.41, 5.74) is -0.181. The summed E-state index contributed by atoms with van der Waals surface area (Å²) in [4.78, 5) is 39.0. The van der Waals surface area contributed by atoms with Crippen molar-refractivity contribution in [3.63, 3.8) is 0 Å². The Balaban J connectivity index is 1.70. The largest absolute Gasteiger partial charge is 0.466 e. The average molecular weight is 840 g/mol. The van der Waals surface area contributed by atoms with E-state index in [1.54, 1.807) is 26.0 Å². The van der Waals surface area contributed by atoms with Crippen LogP contribution in [0.15, 0.2) is 52.5 Å². The van der Waals surface area contributed by atoms with Crippen molar-refractivity contribution in [3.8, 4) is 0 Å². The minimum absolute atomic E-state index is 0.0181. The zero-order chi connectivity index (χ0) is 40.0. The van der Waals surface area contributed by atoms with Gasteiger partial charge in [0.15, 0.2) is 12.4 Å². The highest BCUT2D eigenvalue weighted by atomic mass is 79.9. The Bertz CT molecular complexity index is 1450. The SMILES string of the molecule is CCCCCCCC(=O)O[C@H]1/C(=C/C(=O)OC)C[C@H]2CC(CO)OC(=O)C[C@H](O)CCO[C@H](c3ccc(Br)cc3)C[C@@H]3CCO[C@H](/C=C/C(C)(C)[C@]1(O)O2)O3. The number of fused-ring (bicyclic) bond motifs is 4. The lowest BCUT2D eigenvalue weighted by Crippen LogP contribution is -2.62. The van der Waals surface area contributed by atoms with Crippen LogP contribution in [0.3, 0.4) is 0 Å². The molecule has 0 spiro atoms. The second kappa shape index (κ2) is 21.7. The fourth-order valence-corrected chi connectivity index (χ4v) is 7.30. The van der Waals surface area contributed by atoms with Crippen LogP contribution in [0, 0.1) is 5.41 Å². The standard InChI is InChI=1S/C41H59BrO13/c1-5-6-7-8-9-10-35(45)54-39-28(22-36(46)49-4)21-32-24-33(26-43)52-37(47)23-30(44)16-19-50-34(27-11-13-29(42)14-12-27)25-31-17-20-51-38(53-31)15-18-40(2,3)41(39,48)55-32/h11-15,18,22,30-34,38-39,43-44,48H,5-10,16-17,19-21,23-26H2,1-4H3/b18-15+,28-22+/t30-,31+,32+,33?,34+,38+,39+,41-/m1/s1. The highest BCUT2D eigenvalue weighted by molar-refractivity contribution is 9.10. The van der Waals surface area contributed by atoms with Crippen LogP contribution in [0.1, 0.15) is 109 Å². The van der Waals surface area contributed by atoms with Gasteiger partial charge in [-0.05, 0) is 55.0 Å². The Morgan fingerprint density at radius 3 is 2.44 bits per heavy atom. The summed E-state index contributed by atoms with van der Waals surface area (Å²) < 4.78 is 42.5. The molecule has 13 nitrogen and oxygen atoms in total. The molecule has 0 aliphatic carbocycles. The van der Waals surface area contributed by atoms with Crippen molar-refractivity contribution in [2.75, 3.05) is 26.9 Å². The summed E-state index contributed by atoms with van der Waals surface area (Å²) in [6, 6.07) is 7.74. The zero-order valence-electron chi connectivity index (χ0n) is 32.5. The highest BCUT2D eigenvalue weighted by Crippen LogP contribution is 2.47. The number of ether oxygens (including phenoxy) is 7. The summed E-state index contributed by atoms with van der Waals surface area (Å²) in [5.74, 6) is -4.31. The molecule has 2 saturated heterocycles. The Kier molecular flexibility index (Phi) is 17.8. The maximum Gasteiger partial charge on any atom is 0.330 e. The normalized spacial score (nSPS) is 32.2. The molecule has 3 aliphatic heterocycles. The molecule has 55 heavy (non-hydrogen) atoms. The van der Waals surface area contributed by atoms with Crippen LogP contribution in [-0.2, 0) is 47.5 Å². The van der Waals surface area contributed by atoms with Crippen molar-refractivity contribution in [2.24, 2.45) is 5.41 Å². The second-order valence-corrected chi connectivity index (χ2v) is 16.0. The fourth-order valence-electron chi connectivity index (χ4n) is 7.03. The molecule has 3 heterocycles. The summed E-state index contributed by atoms with van der Waals surface area (Å²) in [5, 5.41) is 33.7. The second-order valence-electron chi connectivity index (χ2n) is 15.1. The van der Waals surface area contributed by atoms with Crippen molar-refractivity contribution < 1.29 is 62.9 Å². The first-order chi connectivity index (χ1) is 26.3. The molecule has 1 unspecified atom stereocenters. The van der Waals surface area contributed by atoms with E-state index in [2.05, 4.69) is 22.9 Å². The molecule has 0 radical (unpaired) electrons. The number of hydrogen-bond donors (Lipinski definition) is 3. The number of aliphatic hydroxyl groups is 3. The molecule has 4 rings (SSSR count). The number of esters is 3. The summed E-state index contributed by atoms with van der Waals surface area (Å²) in [6.07, 6.45) is 3.94. The minimum Gasteiger partial charge on any atom is -0.466 e. The molecule has 1 aromatic carbocycles. The fraction of sp³-hybridized carbons (Fsp3) is 0.683. The van der Waals surface area contributed by atoms with Gasteiger partial charge in [-0.1, -0.05) is 80.6 Å². The molecule has 0 amide bonds. The van der Waals surface area contributed by atoms with Crippen molar-refractivity contribution in [1.82, 2.24) is 0 Å². The minimum atomic E-state index is -2.28. The monoisotopic (exact) mass is 838 g/mol. The van der Waals surface area contributed by atoms with E-state index in [0.717, 1.165) is 35.7 Å². The molecule has 308 valence electrons. The van der Waals surface area contributed by atoms with Gasteiger partial charge in [-0.15, -0.1) is 0 Å². The lowest BCUT2D eigenvalue weighted by atomic mass is 9.74. The first-order valence-corrected chi connectivity index (χ1v) is 20.3. The Labute approximate surface area is 332 Å². The van der Waals surface area contributed by atoms with E-state index in [1.807, 2.05) is 24.3 Å². The molecule has 4 bridgehead atoms. The van der Waals surface area contributed by atoms with Gasteiger partial charge >= 0.3 is 17.9 Å². The molecule has 0 aromatic heterocycles. The van der Waals surface area contributed by atoms with Gasteiger partial charge in [0, 0.05) is 41.8 Å². The number of carbonyl (C=O) groups excluding carboxylic acids is 3. The molecule has 3 aliphatic rings. The maximum absolute atomic E-state index is 13.3. The third-order valence-electron chi connectivity index (χ3n) is 10.3. The lowest BCUT2D eigenvalue weighted by molar-refractivity contribution is -0.327. The third kappa shape index (κ3) is 13.5. The molecule has 14 heteroatoms. The average Bonchev–Trinajstić information content (AvgIpc) is 3.14. The summed E-state index contributed by atoms with van der Waals surface area (Å²) in [7, 11) is 1.21. The summed E-state index contributed by atoms with van der Waals surface area (Å²) in [6.45, 7) is 5.47. The van der Waals surface area contributed by atoms with Crippen molar-refractivity contribution in [2.45, 2.75) is 147 Å². The van der Waals surface area contributed by atoms with Crippen LogP contribution in [0.2, 0.25) is 0 Å². The van der Waals surface area contributed by atoms with Crippen LogP contribution in [0.5, 0.6) is 0 Å². The van der Waals surface area contributed by atoms with Crippen molar-refractivity contribution in [3.05, 3.63) is 58.1 Å². The van der Waals surface area contributed by atoms with E-state index in [9.17, 15) is 29.7 Å². The summed E-state index contributed by atoms with van der Waals surface area (Å²) >= 11 is 3.48. The number of methoxy groups -OCH3 is 1.